The van der Waals surface area contributed by atoms with Crippen molar-refractivity contribution in [2.75, 3.05) is 64.7 Å². The van der Waals surface area contributed by atoms with Crippen LogP contribution in [0.3, 0.4) is 0 Å². The molecule has 3 aromatic carbocycles. The molecule has 1 unspecified atom stereocenters. The van der Waals surface area contributed by atoms with Crippen LogP contribution in [-0.2, 0) is 24.5 Å². The van der Waals surface area contributed by atoms with Crippen molar-refractivity contribution in [2.24, 2.45) is 0 Å². The summed E-state index contributed by atoms with van der Waals surface area (Å²) in [5.74, 6) is -0.295. The molecule has 3 aromatic rings. The van der Waals surface area contributed by atoms with E-state index in [1.807, 2.05) is 13.8 Å². The number of phenolic OH excluding ortho intramolecular Hbond substituents is 1. The molecule has 1 spiro atoms. The molecule has 6 rings (SSSR count). The van der Waals surface area contributed by atoms with Crippen molar-refractivity contribution >= 4 is 42.3 Å². The minimum Gasteiger partial charge on any atom is -0.508 e. The standard InChI is InChI=1S/C46H57FN4O12S.C2H6/c1-43(2,3)61-40(55)49-18-16-48(17-19-50(41(56)62-44(4,5)6)21-23-51(22-20-49)42(57)63-45(7,8)9)38(53)29-10-13-33-32(26-29)39(54)60-46(33)34-14-11-30(52)27-36(34)59-37-28-31(12-15-35(37)46)58-24-25-64-47;1-2/h10-15,26-28,52H,16-25H2,1-9H3;1-2H3. The van der Waals surface area contributed by atoms with Crippen LogP contribution in [0.5, 0.6) is 23.0 Å². The second-order valence-electron chi connectivity index (χ2n) is 18.6. The van der Waals surface area contributed by atoms with Gasteiger partial charge in [0.25, 0.3) is 5.91 Å². The molecule has 0 aromatic heterocycles. The third kappa shape index (κ3) is 12.3. The molecule has 1 N–H and O–H groups in total. The fourth-order valence-corrected chi connectivity index (χ4v) is 7.58. The number of fused-ring (bicyclic) bond motifs is 6. The van der Waals surface area contributed by atoms with Crippen molar-refractivity contribution in [1.82, 2.24) is 19.6 Å². The highest BCUT2D eigenvalue weighted by Gasteiger charge is 2.54. The van der Waals surface area contributed by atoms with Crippen molar-refractivity contribution in [3.05, 3.63) is 82.4 Å². The van der Waals surface area contributed by atoms with Crippen LogP contribution in [0.4, 0.5) is 18.3 Å². The van der Waals surface area contributed by atoms with Gasteiger partial charge in [-0.3, -0.25) is 4.79 Å². The molecule has 0 aliphatic carbocycles. The van der Waals surface area contributed by atoms with Gasteiger partial charge in [-0.2, -0.15) is 3.89 Å². The Morgan fingerprint density at radius 1 is 0.652 bits per heavy atom. The second-order valence-corrected chi connectivity index (χ2v) is 19.3. The van der Waals surface area contributed by atoms with Gasteiger partial charge in [0.1, 0.15) is 39.8 Å². The van der Waals surface area contributed by atoms with Gasteiger partial charge in [0.2, 0.25) is 0 Å². The summed E-state index contributed by atoms with van der Waals surface area (Å²) in [5, 5.41) is 10.4. The minimum absolute atomic E-state index is 0.00985. The molecular weight excluding hydrogens is 876 g/mol. The number of benzene rings is 3. The van der Waals surface area contributed by atoms with Crippen LogP contribution in [0.15, 0.2) is 54.6 Å². The zero-order valence-electron chi connectivity index (χ0n) is 39.8. The van der Waals surface area contributed by atoms with Crippen LogP contribution < -0.4 is 9.47 Å². The van der Waals surface area contributed by atoms with Gasteiger partial charge in [0.15, 0.2) is 5.60 Å². The molecule has 1 atom stereocenters. The summed E-state index contributed by atoms with van der Waals surface area (Å²) in [6, 6.07) is 14.1. The molecule has 3 aliphatic heterocycles. The van der Waals surface area contributed by atoms with Crippen molar-refractivity contribution in [1.29, 1.82) is 0 Å². The number of carbonyl (C=O) groups excluding carboxylic acids is 5. The summed E-state index contributed by atoms with van der Waals surface area (Å²) in [7, 11) is 0. The van der Waals surface area contributed by atoms with Crippen LogP contribution >= 0.6 is 12.1 Å². The fraction of sp³-hybridized carbons (Fsp3) is 0.521. The number of amides is 4. The summed E-state index contributed by atoms with van der Waals surface area (Å²) in [6.45, 7) is 19.8. The van der Waals surface area contributed by atoms with Crippen LogP contribution in [0.2, 0.25) is 0 Å². The third-order valence-corrected chi connectivity index (χ3v) is 10.6. The van der Waals surface area contributed by atoms with Crippen LogP contribution in [0.25, 0.3) is 0 Å². The number of nitrogens with zero attached hydrogens (tertiary/aromatic N) is 4. The fourth-order valence-electron chi connectivity index (χ4n) is 7.44. The summed E-state index contributed by atoms with van der Waals surface area (Å²) in [5.41, 5.74) is -2.48. The molecule has 18 heteroatoms. The number of hydrogen-bond acceptors (Lipinski definition) is 13. The van der Waals surface area contributed by atoms with E-state index in [1.54, 1.807) is 98.7 Å². The number of hydrogen-bond donors (Lipinski definition) is 1. The first-order chi connectivity index (χ1) is 31.0. The van der Waals surface area contributed by atoms with E-state index >= 15 is 0 Å². The van der Waals surface area contributed by atoms with E-state index in [9.17, 15) is 33.0 Å². The van der Waals surface area contributed by atoms with Gasteiger partial charge in [-0.1, -0.05) is 19.9 Å². The number of aromatic hydroxyl groups is 1. The summed E-state index contributed by atoms with van der Waals surface area (Å²) in [6.07, 6.45) is -1.92. The number of rotatable bonds is 5. The highest BCUT2D eigenvalue weighted by atomic mass is 32.2. The molecular formula is C48H63FN4O12S. The number of halogens is 1. The molecule has 16 nitrogen and oxygen atoms in total. The van der Waals surface area contributed by atoms with E-state index in [-0.39, 0.29) is 105 Å². The largest absolute Gasteiger partial charge is 0.508 e. The number of ether oxygens (including phenoxy) is 6. The molecule has 3 aliphatic rings. The van der Waals surface area contributed by atoms with Crippen molar-refractivity contribution < 1.29 is 61.4 Å². The van der Waals surface area contributed by atoms with Gasteiger partial charge in [-0.05, 0) is 98.7 Å². The lowest BCUT2D eigenvalue weighted by molar-refractivity contribution is 0.00479. The Hall–Kier alpha value is -5.91. The summed E-state index contributed by atoms with van der Waals surface area (Å²) < 4.78 is 48.1. The lowest BCUT2D eigenvalue weighted by Crippen LogP contribution is -2.52. The van der Waals surface area contributed by atoms with E-state index in [0.29, 0.717) is 22.4 Å². The molecule has 4 amide bonds. The molecule has 0 saturated carbocycles. The van der Waals surface area contributed by atoms with Crippen molar-refractivity contribution in [3.8, 4) is 23.0 Å². The summed E-state index contributed by atoms with van der Waals surface area (Å²) in [4.78, 5) is 75.2. The van der Waals surface area contributed by atoms with Crippen LogP contribution in [0, 0.1) is 0 Å². The minimum atomic E-state index is -1.54. The molecule has 66 heavy (non-hydrogen) atoms. The van der Waals surface area contributed by atoms with Crippen molar-refractivity contribution in [3.63, 3.8) is 0 Å². The van der Waals surface area contributed by atoms with Crippen LogP contribution in [0.1, 0.15) is 114 Å². The predicted molar refractivity (Wildman–Crippen MR) is 246 cm³/mol. The molecule has 0 radical (unpaired) electrons. The Bertz CT molecular complexity index is 2230. The molecule has 0 bridgehead atoms. The highest BCUT2D eigenvalue weighted by molar-refractivity contribution is 7.94. The molecule has 360 valence electrons. The van der Waals surface area contributed by atoms with E-state index in [1.165, 1.54) is 37.8 Å². The van der Waals surface area contributed by atoms with Crippen molar-refractivity contribution in [2.45, 2.75) is 98.6 Å². The van der Waals surface area contributed by atoms with Gasteiger partial charge in [-0.25, -0.2) is 19.2 Å². The molecule has 1 saturated heterocycles. The number of phenols is 1. The van der Waals surface area contributed by atoms with Gasteiger partial charge in [0, 0.05) is 98.9 Å². The quantitative estimate of drug-likeness (QED) is 0.146. The van der Waals surface area contributed by atoms with E-state index in [2.05, 4.69) is 0 Å². The van der Waals surface area contributed by atoms with E-state index < -0.39 is 52.6 Å². The first kappa shape index (κ1) is 51.1. The Labute approximate surface area is 390 Å². The lowest BCUT2D eigenvalue weighted by Gasteiger charge is -2.36. The predicted octanol–water partition coefficient (Wildman–Crippen LogP) is 9.15. The summed E-state index contributed by atoms with van der Waals surface area (Å²) >= 11 is 0.149. The number of esters is 1. The normalized spacial score (nSPS) is 17.6. The Morgan fingerprint density at radius 2 is 1.09 bits per heavy atom. The van der Waals surface area contributed by atoms with Gasteiger partial charge in [0.05, 0.1) is 17.9 Å². The van der Waals surface area contributed by atoms with E-state index in [0.717, 1.165) is 0 Å². The Balaban J connectivity index is 0.00000403. The lowest BCUT2D eigenvalue weighted by atomic mass is 9.77. The third-order valence-electron chi connectivity index (χ3n) is 10.2. The van der Waals surface area contributed by atoms with Gasteiger partial charge < -0.3 is 53.1 Å². The maximum atomic E-state index is 14.7. The average molecular weight is 939 g/mol. The van der Waals surface area contributed by atoms with E-state index in [4.69, 9.17) is 28.4 Å². The smallest absolute Gasteiger partial charge is 0.410 e. The Morgan fingerprint density at radius 3 is 1.56 bits per heavy atom. The molecule has 3 heterocycles. The zero-order chi connectivity index (χ0) is 48.8. The van der Waals surface area contributed by atoms with Crippen LogP contribution in [-0.4, -0.2) is 136 Å². The Kier molecular flexibility index (Phi) is 16.0. The monoisotopic (exact) mass is 938 g/mol. The van der Waals surface area contributed by atoms with Gasteiger partial charge in [-0.15, -0.1) is 0 Å². The highest BCUT2D eigenvalue weighted by Crippen LogP contribution is 2.57. The topological polar surface area (TPSA) is 174 Å². The first-order valence-corrected chi connectivity index (χ1v) is 23.0. The first-order valence-electron chi connectivity index (χ1n) is 22.1. The maximum Gasteiger partial charge on any atom is 0.410 e. The van der Waals surface area contributed by atoms with Gasteiger partial charge >= 0.3 is 24.2 Å². The average Bonchev–Trinajstić information content (AvgIpc) is 3.50. The maximum absolute atomic E-state index is 14.7. The number of carbonyl (C=O) groups is 5. The zero-order valence-corrected chi connectivity index (χ0v) is 40.6. The SMILES string of the molecule is CC.CC(C)(C)OC(=O)N1CCN(C(=O)OC(C)(C)C)CCN(C(=O)c2ccc3c(c2)C(=O)OC32c3ccc(O)cc3Oc3cc(OCCSF)ccc32)CCN(C(=O)OC(C)(C)C)CC1. The second kappa shape index (κ2) is 20.7. The molecule has 1 fully saturated rings.